The molecule has 2 aromatic rings. The smallest absolute Gasteiger partial charge is 0.416 e. The predicted molar refractivity (Wildman–Crippen MR) is 83.0 cm³/mol. The van der Waals surface area contributed by atoms with E-state index >= 15 is 0 Å². The Balaban J connectivity index is 1.70. The van der Waals surface area contributed by atoms with Crippen molar-refractivity contribution in [1.29, 1.82) is 0 Å². The highest BCUT2D eigenvalue weighted by Crippen LogP contribution is 2.30. The van der Waals surface area contributed by atoms with Gasteiger partial charge >= 0.3 is 6.18 Å². The normalized spacial score (nSPS) is 18.0. The van der Waals surface area contributed by atoms with Crippen molar-refractivity contribution in [1.82, 2.24) is 14.9 Å². The van der Waals surface area contributed by atoms with Gasteiger partial charge in [-0.05, 0) is 31.0 Å². The molecule has 3 rings (SSSR count). The first-order chi connectivity index (χ1) is 11.9. The highest BCUT2D eigenvalue weighted by Gasteiger charge is 2.32. The van der Waals surface area contributed by atoms with Crippen molar-refractivity contribution in [3.63, 3.8) is 0 Å². The summed E-state index contributed by atoms with van der Waals surface area (Å²) < 4.78 is 44.2. The zero-order chi connectivity index (χ0) is 17.9. The third-order valence-electron chi connectivity index (χ3n) is 3.94. The van der Waals surface area contributed by atoms with Crippen molar-refractivity contribution < 1.29 is 22.7 Å². The van der Waals surface area contributed by atoms with Crippen LogP contribution in [0.15, 0.2) is 42.9 Å². The maximum Gasteiger partial charge on any atom is 0.416 e. The number of carbonyl (C=O) groups is 1. The lowest BCUT2D eigenvalue weighted by Gasteiger charge is -2.32. The topological polar surface area (TPSA) is 55.3 Å². The van der Waals surface area contributed by atoms with Crippen molar-refractivity contribution >= 4 is 5.91 Å². The molecule has 1 atom stereocenters. The lowest BCUT2D eigenvalue weighted by atomic mass is 10.1. The van der Waals surface area contributed by atoms with E-state index in [0.29, 0.717) is 25.4 Å². The van der Waals surface area contributed by atoms with Crippen LogP contribution in [0.4, 0.5) is 13.2 Å². The minimum Gasteiger partial charge on any atom is -0.472 e. The summed E-state index contributed by atoms with van der Waals surface area (Å²) >= 11 is 0. The fourth-order valence-corrected chi connectivity index (χ4v) is 2.75. The Morgan fingerprint density at radius 3 is 2.84 bits per heavy atom. The van der Waals surface area contributed by atoms with E-state index in [1.165, 1.54) is 23.4 Å². The fourth-order valence-electron chi connectivity index (χ4n) is 2.75. The molecule has 0 bridgehead atoms. The molecular weight excluding hydrogens is 335 g/mol. The van der Waals surface area contributed by atoms with E-state index in [1.54, 1.807) is 12.3 Å². The fraction of sp³-hybridized carbons (Fsp3) is 0.353. The number of benzene rings is 1. The first-order valence-corrected chi connectivity index (χ1v) is 7.83. The number of amides is 1. The number of likely N-dealkylation sites (tertiary alicyclic amines) is 1. The molecule has 1 unspecified atom stereocenters. The zero-order valence-electron chi connectivity index (χ0n) is 13.2. The molecule has 1 saturated heterocycles. The van der Waals surface area contributed by atoms with Gasteiger partial charge in [0.2, 0.25) is 5.88 Å². The number of nitrogens with zero attached hydrogens (tertiary/aromatic N) is 3. The lowest BCUT2D eigenvalue weighted by Crippen LogP contribution is -2.44. The Morgan fingerprint density at radius 2 is 2.12 bits per heavy atom. The molecule has 2 heterocycles. The van der Waals surface area contributed by atoms with Crippen molar-refractivity contribution in [3.05, 3.63) is 54.0 Å². The average Bonchev–Trinajstić information content (AvgIpc) is 2.61. The second kappa shape index (κ2) is 7.08. The minimum atomic E-state index is -4.48. The summed E-state index contributed by atoms with van der Waals surface area (Å²) in [6.07, 6.45) is -0.355. The van der Waals surface area contributed by atoms with Gasteiger partial charge in [-0.1, -0.05) is 6.07 Å². The van der Waals surface area contributed by atoms with Gasteiger partial charge in [0.05, 0.1) is 12.1 Å². The number of carbonyl (C=O) groups excluding carboxylic acids is 1. The number of alkyl halides is 3. The Hall–Kier alpha value is -2.64. The Kier molecular flexibility index (Phi) is 4.87. The van der Waals surface area contributed by atoms with Gasteiger partial charge in [0, 0.05) is 24.4 Å². The molecule has 1 aromatic carbocycles. The van der Waals surface area contributed by atoms with Crippen LogP contribution in [-0.4, -0.2) is 40.0 Å². The number of halogens is 3. The Bertz CT molecular complexity index is 737. The van der Waals surface area contributed by atoms with E-state index in [4.69, 9.17) is 4.74 Å². The van der Waals surface area contributed by atoms with Gasteiger partial charge in [-0.2, -0.15) is 13.2 Å². The Labute approximate surface area is 142 Å². The predicted octanol–water partition coefficient (Wildman–Crippen LogP) is 3.18. The van der Waals surface area contributed by atoms with E-state index in [1.807, 2.05) is 0 Å². The molecule has 1 amide bonds. The van der Waals surface area contributed by atoms with Crippen LogP contribution in [-0.2, 0) is 6.18 Å². The van der Waals surface area contributed by atoms with Crippen LogP contribution in [0.25, 0.3) is 0 Å². The monoisotopic (exact) mass is 351 g/mol. The van der Waals surface area contributed by atoms with Gasteiger partial charge in [0.25, 0.3) is 5.91 Å². The van der Waals surface area contributed by atoms with Crippen LogP contribution < -0.4 is 4.74 Å². The summed E-state index contributed by atoms with van der Waals surface area (Å²) in [7, 11) is 0. The molecule has 0 spiro atoms. The number of ether oxygens (including phenoxy) is 1. The van der Waals surface area contributed by atoms with Crippen LogP contribution in [0.5, 0.6) is 5.88 Å². The summed E-state index contributed by atoms with van der Waals surface area (Å²) in [4.78, 5) is 21.9. The minimum absolute atomic E-state index is 0.0255. The quantitative estimate of drug-likeness (QED) is 0.852. The van der Waals surface area contributed by atoms with Crippen LogP contribution in [0.1, 0.15) is 28.8 Å². The molecule has 132 valence electrons. The molecule has 1 aliphatic rings. The highest BCUT2D eigenvalue weighted by molar-refractivity contribution is 5.94. The van der Waals surface area contributed by atoms with Crippen LogP contribution >= 0.6 is 0 Å². The first-order valence-electron chi connectivity index (χ1n) is 7.83. The van der Waals surface area contributed by atoms with E-state index < -0.39 is 17.6 Å². The number of piperidine rings is 1. The van der Waals surface area contributed by atoms with Gasteiger partial charge in [0.1, 0.15) is 12.4 Å². The van der Waals surface area contributed by atoms with Crippen LogP contribution in [0.3, 0.4) is 0 Å². The standard InChI is InChI=1S/C17H16F3N3O2/c18-17(19,20)13-4-1-3-12(9-13)16(24)23-8-2-5-14(10-23)25-15-6-7-21-11-22-15/h1,3-4,6-7,9,11,14H,2,5,8,10H2. The lowest BCUT2D eigenvalue weighted by molar-refractivity contribution is -0.137. The number of hydrogen-bond acceptors (Lipinski definition) is 4. The SMILES string of the molecule is O=C(c1cccc(C(F)(F)F)c1)N1CCCC(Oc2ccncn2)C1. The maximum absolute atomic E-state index is 12.8. The summed E-state index contributed by atoms with van der Waals surface area (Å²) in [5, 5.41) is 0. The van der Waals surface area contributed by atoms with Gasteiger partial charge in [-0.3, -0.25) is 4.79 Å². The van der Waals surface area contributed by atoms with Crippen LogP contribution in [0, 0.1) is 0 Å². The molecule has 0 aliphatic carbocycles. The number of aromatic nitrogens is 2. The molecule has 0 saturated carbocycles. The van der Waals surface area contributed by atoms with E-state index in [2.05, 4.69) is 9.97 Å². The van der Waals surface area contributed by atoms with Gasteiger partial charge in [0.15, 0.2) is 0 Å². The summed E-state index contributed by atoms with van der Waals surface area (Å²) in [5.41, 5.74) is -0.804. The number of rotatable bonds is 3. The number of hydrogen-bond donors (Lipinski definition) is 0. The second-order valence-electron chi connectivity index (χ2n) is 5.76. The molecule has 1 aromatic heterocycles. The third-order valence-corrected chi connectivity index (χ3v) is 3.94. The van der Waals surface area contributed by atoms with Crippen molar-refractivity contribution in [2.24, 2.45) is 0 Å². The van der Waals surface area contributed by atoms with Crippen molar-refractivity contribution in [2.45, 2.75) is 25.1 Å². The molecule has 25 heavy (non-hydrogen) atoms. The van der Waals surface area contributed by atoms with E-state index in [9.17, 15) is 18.0 Å². The molecule has 5 nitrogen and oxygen atoms in total. The largest absolute Gasteiger partial charge is 0.472 e. The first kappa shape index (κ1) is 17.2. The van der Waals surface area contributed by atoms with Gasteiger partial charge < -0.3 is 9.64 Å². The molecule has 1 fully saturated rings. The molecular formula is C17H16F3N3O2. The molecule has 1 aliphatic heterocycles. The zero-order valence-corrected chi connectivity index (χ0v) is 13.2. The van der Waals surface area contributed by atoms with Crippen molar-refractivity contribution in [2.75, 3.05) is 13.1 Å². The summed E-state index contributed by atoms with van der Waals surface area (Å²) in [6, 6.07) is 6.10. The third kappa shape index (κ3) is 4.26. The highest BCUT2D eigenvalue weighted by atomic mass is 19.4. The van der Waals surface area contributed by atoms with Gasteiger partial charge in [-0.15, -0.1) is 0 Å². The van der Waals surface area contributed by atoms with Crippen molar-refractivity contribution in [3.8, 4) is 5.88 Å². The average molecular weight is 351 g/mol. The molecule has 0 radical (unpaired) electrons. The van der Waals surface area contributed by atoms with Gasteiger partial charge in [-0.25, -0.2) is 9.97 Å². The van der Waals surface area contributed by atoms with Crippen LogP contribution in [0.2, 0.25) is 0 Å². The van der Waals surface area contributed by atoms with E-state index in [0.717, 1.165) is 18.6 Å². The maximum atomic E-state index is 12.8. The molecule has 0 N–H and O–H groups in total. The summed E-state index contributed by atoms with van der Waals surface area (Å²) in [5.74, 6) is -0.0181. The molecule has 8 heteroatoms. The second-order valence-corrected chi connectivity index (χ2v) is 5.76. The van der Waals surface area contributed by atoms with E-state index in [-0.39, 0.29) is 11.7 Å². The summed E-state index contributed by atoms with van der Waals surface area (Å²) in [6.45, 7) is 0.789. The Morgan fingerprint density at radius 1 is 1.28 bits per heavy atom.